The van der Waals surface area contributed by atoms with E-state index in [9.17, 15) is 14.4 Å². The van der Waals surface area contributed by atoms with Crippen LogP contribution in [0.5, 0.6) is 11.5 Å². The number of nitriles is 1. The van der Waals surface area contributed by atoms with E-state index in [1.165, 1.54) is 30.3 Å². The monoisotopic (exact) mass is 450 g/mol. The zero-order valence-electron chi connectivity index (χ0n) is 17.3. The summed E-state index contributed by atoms with van der Waals surface area (Å²) in [6.45, 7) is 2.52. The van der Waals surface area contributed by atoms with Crippen LogP contribution < -0.4 is 14.8 Å². The molecule has 5 nitrogen and oxygen atoms in total. The predicted molar refractivity (Wildman–Crippen MR) is 122 cm³/mol. The van der Waals surface area contributed by atoms with Crippen LogP contribution in [0.4, 0.5) is 10.1 Å². The Kier molecular flexibility index (Phi) is 7.85. The summed E-state index contributed by atoms with van der Waals surface area (Å²) in [5, 5.41) is 12.6. The third kappa shape index (κ3) is 6.10. The Hall–Kier alpha value is -3.82. The van der Waals surface area contributed by atoms with E-state index in [0.717, 1.165) is 5.56 Å². The summed E-state index contributed by atoms with van der Waals surface area (Å²) in [5.41, 5.74) is 1.70. The second kappa shape index (κ2) is 11.0. The number of hydrogen-bond donors (Lipinski definition) is 1. The number of ether oxygens (including phenoxy) is 2. The molecular weight excluding hydrogens is 431 g/mol. The fourth-order valence-corrected chi connectivity index (χ4v) is 3.01. The number of amides is 1. The first-order chi connectivity index (χ1) is 15.5. The highest BCUT2D eigenvalue weighted by molar-refractivity contribution is 6.31. The van der Waals surface area contributed by atoms with Crippen LogP contribution in [-0.4, -0.2) is 12.5 Å². The minimum Gasteiger partial charge on any atom is -0.490 e. The van der Waals surface area contributed by atoms with Crippen molar-refractivity contribution in [1.29, 1.82) is 5.26 Å². The van der Waals surface area contributed by atoms with Gasteiger partial charge in [-0.1, -0.05) is 35.9 Å². The average Bonchev–Trinajstić information content (AvgIpc) is 2.79. The molecule has 0 saturated heterocycles. The summed E-state index contributed by atoms with van der Waals surface area (Å²) >= 11 is 6.18. The topological polar surface area (TPSA) is 71.3 Å². The molecule has 0 bridgehead atoms. The Morgan fingerprint density at radius 2 is 1.84 bits per heavy atom. The first-order valence-corrected chi connectivity index (χ1v) is 10.2. The van der Waals surface area contributed by atoms with E-state index in [2.05, 4.69) is 5.32 Å². The van der Waals surface area contributed by atoms with Crippen molar-refractivity contribution in [2.45, 2.75) is 13.5 Å². The Bertz CT molecular complexity index is 1170. The lowest BCUT2D eigenvalue weighted by Crippen LogP contribution is -2.13. The Morgan fingerprint density at radius 3 is 2.53 bits per heavy atom. The number of carbonyl (C=O) groups is 1. The number of hydrogen-bond acceptors (Lipinski definition) is 4. The molecule has 0 aliphatic rings. The maximum absolute atomic E-state index is 13.0. The lowest BCUT2D eigenvalue weighted by molar-refractivity contribution is -0.112. The third-order valence-electron chi connectivity index (χ3n) is 4.39. The molecule has 1 amide bonds. The van der Waals surface area contributed by atoms with Gasteiger partial charge in [0.05, 0.1) is 6.61 Å². The standard InChI is InChI=1S/C25H20ClFN2O3/c1-2-31-24-14-17(7-12-23(24)32-16-18-5-3-4-6-22(18)26)13-19(15-28)25(30)29-21-10-8-20(27)9-11-21/h3-14H,2,16H2,1H3,(H,29,30)/b19-13-. The van der Waals surface area contributed by atoms with Crippen LogP contribution in [0, 0.1) is 17.1 Å². The molecule has 7 heteroatoms. The maximum atomic E-state index is 13.0. The lowest BCUT2D eigenvalue weighted by atomic mass is 10.1. The first-order valence-electron chi connectivity index (χ1n) is 9.82. The number of nitrogens with zero attached hydrogens (tertiary/aromatic N) is 1. The fraction of sp³-hybridized carbons (Fsp3) is 0.120. The second-order valence-electron chi connectivity index (χ2n) is 6.65. The Morgan fingerprint density at radius 1 is 1.09 bits per heavy atom. The van der Waals surface area contributed by atoms with E-state index in [4.69, 9.17) is 21.1 Å². The minimum atomic E-state index is -0.601. The van der Waals surface area contributed by atoms with Crippen molar-refractivity contribution in [3.05, 3.63) is 94.3 Å². The molecule has 32 heavy (non-hydrogen) atoms. The van der Waals surface area contributed by atoms with Crippen molar-refractivity contribution < 1.29 is 18.7 Å². The van der Waals surface area contributed by atoms with Gasteiger partial charge in [-0.05, 0) is 61.0 Å². The van der Waals surface area contributed by atoms with Crippen LogP contribution in [0.3, 0.4) is 0 Å². The van der Waals surface area contributed by atoms with Gasteiger partial charge in [-0.15, -0.1) is 0 Å². The van der Waals surface area contributed by atoms with Crippen LogP contribution in [-0.2, 0) is 11.4 Å². The zero-order valence-corrected chi connectivity index (χ0v) is 18.0. The number of carbonyl (C=O) groups excluding carboxylic acids is 1. The van der Waals surface area contributed by atoms with Gasteiger partial charge >= 0.3 is 0 Å². The van der Waals surface area contributed by atoms with Gasteiger partial charge in [-0.2, -0.15) is 5.26 Å². The van der Waals surface area contributed by atoms with Gasteiger partial charge in [-0.3, -0.25) is 4.79 Å². The SMILES string of the molecule is CCOc1cc(/C=C(/C#N)C(=O)Nc2ccc(F)cc2)ccc1OCc1ccccc1Cl. The van der Waals surface area contributed by atoms with Crippen LogP contribution >= 0.6 is 11.6 Å². The summed E-state index contributed by atoms with van der Waals surface area (Å²) in [7, 11) is 0. The van der Waals surface area contributed by atoms with Gasteiger partial charge < -0.3 is 14.8 Å². The molecule has 0 heterocycles. The second-order valence-corrected chi connectivity index (χ2v) is 7.06. The summed E-state index contributed by atoms with van der Waals surface area (Å²) in [5.74, 6) is -0.0295. The molecule has 0 unspecified atom stereocenters. The van der Waals surface area contributed by atoms with Crippen molar-refractivity contribution in [3.63, 3.8) is 0 Å². The molecule has 3 aromatic carbocycles. The normalized spacial score (nSPS) is 10.9. The molecule has 0 fully saturated rings. The van der Waals surface area contributed by atoms with E-state index in [1.54, 1.807) is 24.3 Å². The summed E-state index contributed by atoms with van der Waals surface area (Å²) < 4.78 is 24.6. The van der Waals surface area contributed by atoms with E-state index in [0.29, 0.717) is 34.4 Å². The number of rotatable bonds is 8. The van der Waals surface area contributed by atoms with E-state index in [-0.39, 0.29) is 12.2 Å². The number of halogens is 2. The molecule has 0 aromatic heterocycles. The fourth-order valence-electron chi connectivity index (χ4n) is 2.82. The molecule has 0 spiro atoms. The van der Waals surface area contributed by atoms with Gasteiger partial charge in [0.15, 0.2) is 11.5 Å². The largest absolute Gasteiger partial charge is 0.490 e. The predicted octanol–water partition coefficient (Wildman–Crippen LogP) is 6.00. The van der Waals surface area contributed by atoms with Gasteiger partial charge in [0.2, 0.25) is 0 Å². The molecule has 162 valence electrons. The molecule has 1 N–H and O–H groups in total. The van der Waals surface area contributed by atoms with Crippen LogP contribution in [0.25, 0.3) is 6.08 Å². The molecule has 0 radical (unpaired) electrons. The van der Waals surface area contributed by atoms with Gasteiger partial charge in [0.1, 0.15) is 24.1 Å². The highest BCUT2D eigenvalue weighted by Crippen LogP contribution is 2.31. The smallest absolute Gasteiger partial charge is 0.266 e. The molecular formula is C25H20ClFN2O3. The van der Waals surface area contributed by atoms with Crippen molar-refractivity contribution in [2.24, 2.45) is 0 Å². The van der Waals surface area contributed by atoms with Gasteiger partial charge in [-0.25, -0.2) is 4.39 Å². The maximum Gasteiger partial charge on any atom is 0.266 e. The summed E-state index contributed by atoms with van der Waals surface area (Å²) in [6, 6.07) is 19.7. The van der Waals surface area contributed by atoms with Gasteiger partial charge in [0.25, 0.3) is 5.91 Å². The molecule has 0 aliphatic heterocycles. The van der Waals surface area contributed by atoms with Crippen molar-refractivity contribution in [3.8, 4) is 17.6 Å². The minimum absolute atomic E-state index is 0.110. The van der Waals surface area contributed by atoms with E-state index >= 15 is 0 Å². The highest BCUT2D eigenvalue weighted by atomic mass is 35.5. The highest BCUT2D eigenvalue weighted by Gasteiger charge is 2.12. The van der Waals surface area contributed by atoms with Crippen molar-refractivity contribution >= 4 is 29.3 Å². The zero-order chi connectivity index (χ0) is 22.9. The third-order valence-corrected chi connectivity index (χ3v) is 4.76. The van der Waals surface area contributed by atoms with E-state index in [1.807, 2.05) is 31.2 Å². The average molecular weight is 451 g/mol. The van der Waals surface area contributed by atoms with Crippen LogP contribution in [0.1, 0.15) is 18.1 Å². The molecule has 0 atom stereocenters. The first kappa shape index (κ1) is 22.9. The lowest BCUT2D eigenvalue weighted by Gasteiger charge is -2.13. The summed E-state index contributed by atoms with van der Waals surface area (Å²) in [6.07, 6.45) is 1.44. The quantitative estimate of drug-likeness (QED) is 0.337. The van der Waals surface area contributed by atoms with Gasteiger partial charge in [0, 0.05) is 16.3 Å². The number of anilines is 1. The van der Waals surface area contributed by atoms with E-state index < -0.39 is 11.7 Å². The molecule has 3 rings (SSSR count). The molecule has 3 aromatic rings. The molecule has 0 saturated carbocycles. The van der Waals surface area contributed by atoms with Crippen molar-refractivity contribution in [2.75, 3.05) is 11.9 Å². The Labute approximate surface area is 190 Å². The van der Waals surface area contributed by atoms with Crippen LogP contribution in [0.2, 0.25) is 5.02 Å². The van der Waals surface area contributed by atoms with Crippen molar-refractivity contribution in [1.82, 2.24) is 0 Å². The van der Waals surface area contributed by atoms with Crippen LogP contribution in [0.15, 0.2) is 72.3 Å². The summed E-state index contributed by atoms with van der Waals surface area (Å²) in [4.78, 5) is 12.4. The molecule has 0 aliphatic carbocycles. The number of nitrogens with one attached hydrogen (secondary N) is 1. The Balaban J connectivity index is 1.78. The number of benzene rings is 3.